The highest BCUT2D eigenvalue weighted by molar-refractivity contribution is 6.04. The van der Waals surface area contributed by atoms with E-state index in [4.69, 9.17) is 0 Å². The minimum Gasteiger partial charge on any atom is -0.349 e. The van der Waals surface area contributed by atoms with Gasteiger partial charge in [0.05, 0.1) is 17.3 Å². The molecule has 0 aromatic heterocycles. The molecule has 2 amide bonds. The molecule has 0 aliphatic heterocycles. The van der Waals surface area contributed by atoms with E-state index in [1.807, 2.05) is 12.1 Å². The number of hydrogen-bond donors (Lipinski definition) is 3. The van der Waals surface area contributed by atoms with Crippen LogP contribution in [-0.2, 0) is 4.79 Å². The van der Waals surface area contributed by atoms with Crippen molar-refractivity contribution in [1.82, 2.24) is 5.32 Å². The van der Waals surface area contributed by atoms with Crippen LogP contribution in [0.15, 0.2) is 24.3 Å². The highest BCUT2D eigenvalue weighted by Gasteiger charge is 2.25. The molecule has 0 heterocycles. The van der Waals surface area contributed by atoms with E-state index in [1.54, 1.807) is 12.1 Å². The van der Waals surface area contributed by atoms with Crippen molar-refractivity contribution in [3.05, 3.63) is 29.8 Å². The molecule has 2 aliphatic rings. The Kier molecular flexibility index (Phi) is 6.45. The Morgan fingerprint density at radius 3 is 2.36 bits per heavy atom. The normalized spacial score (nSPS) is 18.9. The number of rotatable bonds is 6. The summed E-state index contributed by atoms with van der Waals surface area (Å²) in [7, 11) is 0. The monoisotopic (exact) mass is 344 g/mol. The maximum absolute atomic E-state index is 12.3. The lowest BCUT2D eigenvalue weighted by Crippen LogP contribution is -2.91. The van der Waals surface area contributed by atoms with Crippen LogP contribution in [0.5, 0.6) is 0 Å². The van der Waals surface area contributed by atoms with Crippen molar-refractivity contribution in [3.8, 4) is 0 Å². The van der Waals surface area contributed by atoms with Crippen LogP contribution in [0.2, 0.25) is 0 Å². The average molecular weight is 344 g/mol. The summed E-state index contributed by atoms with van der Waals surface area (Å²) in [4.78, 5) is 24.6. The van der Waals surface area contributed by atoms with E-state index in [0.29, 0.717) is 29.9 Å². The van der Waals surface area contributed by atoms with Crippen LogP contribution in [-0.4, -0.2) is 30.4 Å². The van der Waals surface area contributed by atoms with Crippen molar-refractivity contribution < 1.29 is 14.9 Å². The van der Waals surface area contributed by atoms with E-state index in [0.717, 1.165) is 12.8 Å². The number of anilines is 1. The smallest absolute Gasteiger partial charge is 0.279 e. The molecule has 136 valence electrons. The van der Waals surface area contributed by atoms with Gasteiger partial charge in [-0.05, 0) is 50.7 Å². The van der Waals surface area contributed by atoms with Gasteiger partial charge in [-0.2, -0.15) is 0 Å². The second kappa shape index (κ2) is 8.99. The largest absolute Gasteiger partial charge is 0.349 e. The van der Waals surface area contributed by atoms with Gasteiger partial charge in [-0.3, -0.25) is 9.59 Å². The molecule has 4 N–H and O–H groups in total. The Balaban J connectivity index is 1.51. The van der Waals surface area contributed by atoms with Gasteiger partial charge in [-0.15, -0.1) is 0 Å². The van der Waals surface area contributed by atoms with Crippen molar-refractivity contribution in [2.24, 2.45) is 0 Å². The molecule has 1 aromatic rings. The van der Waals surface area contributed by atoms with Gasteiger partial charge in [0.15, 0.2) is 6.54 Å². The van der Waals surface area contributed by atoms with E-state index in [-0.39, 0.29) is 11.8 Å². The van der Waals surface area contributed by atoms with E-state index < -0.39 is 0 Å². The van der Waals surface area contributed by atoms with E-state index in [2.05, 4.69) is 16.0 Å². The van der Waals surface area contributed by atoms with Gasteiger partial charge in [0.25, 0.3) is 11.8 Å². The van der Waals surface area contributed by atoms with Crippen LogP contribution in [0.4, 0.5) is 5.69 Å². The third-order valence-corrected chi connectivity index (χ3v) is 5.14. The highest BCUT2D eigenvalue weighted by Crippen LogP contribution is 2.21. The summed E-state index contributed by atoms with van der Waals surface area (Å²) in [6, 6.07) is 8.12. The fourth-order valence-corrected chi connectivity index (χ4v) is 3.48. The van der Waals surface area contributed by atoms with E-state index in [1.165, 1.54) is 44.9 Å². The molecular weight excluding hydrogens is 314 g/mol. The Hall–Kier alpha value is -1.88. The van der Waals surface area contributed by atoms with Gasteiger partial charge < -0.3 is 16.0 Å². The first kappa shape index (κ1) is 17.9. The third kappa shape index (κ3) is 5.85. The summed E-state index contributed by atoms with van der Waals surface area (Å²) >= 11 is 0. The molecule has 2 aliphatic carbocycles. The lowest BCUT2D eigenvalue weighted by atomic mass is 9.97. The number of para-hydroxylation sites is 1. The van der Waals surface area contributed by atoms with Gasteiger partial charge in [-0.1, -0.05) is 31.4 Å². The predicted molar refractivity (Wildman–Crippen MR) is 98.5 cm³/mol. The van der Waals surface area contributed by atoms with Gasteiger partial charge in [0, 0.05) is 6.04 Å². The maximum atomic E-state index is 12.3. The Morgan fingerprint density at radius 2 is 1.64 bits per heavy atom. The van der Waals surface area contributed by atoms with Crippen molar-refractivity contribution in [3.63, 3.8) is 0 Å². The summed E-state index contributed by atoms with van der Waals surface area (Å²) in [6.45, 7) is 0.420. The summed E-state index contributed by atoms with van der Waals surface area (Å²) in [6.07, 6.45) is 11.0. The first-order valence-corrected chi connectivity index (χ1v) is 9.75. The number of nitrogens with one attached hydrogen (secondary N) is 2. The van der Waals surface area contributed by atoms with Crippen molar-refractivity contribution >= 4 is 17.5 Å². The quantitative estimate of drug-likeness (QED) is 0.740. The molecule has 5 nitrogen and oxygen atoms in total. The van der Waals surface area contributed by atoms with E-state index in [9.17, 15) is 9.59 Å². The fourth-order valence-electron chi connectivity index (χ4n) is 3.48. The molecule has 25 heavy (non-hydrogen) atoms. The Morgan fingerprint density at radius 1 is 0.960 bits per heavy atom. The summed E-state index contributed by atoms with van der Waals surface area (Å²) in [5.41, 5.74) is 1.16. The van der Waals surface area contributed by atoms with Crippen molar-refractivity contribution in [1.29, 1.82) is 0 Å². The minimum absolute atomic E-state index is 0.0336. The van der Waals surface area contributed by atoms with Crippen molar-refractivity contribution in [2.45, 2.75) is 69.9 Å². The minimum atomic E-state index is -0.0950. The number of amides is 2. The summed E-state index contributed by atoms with van der Waals surface area (Å²) in [5, 5.41) is 8.08. The van der Waals surface area contributed by atoms with Crippen LogP contribution in [0, 0.1) is 0 Å². The topological polar surface area (TPSA) is 74.8 Å². The maximum Gasteiger partial charge on any atom is 0.279 e. The van der Waals surface area contributed by atoms with Crippen LogP contribution in [0.1, 0.15) is 68.1 Å². The lowest BCUT2D eigenvalue weighted by molar-refractivity contribution is -0.680. The van der Waals surface area contributed by atoms with Gasteiger partial charge in [-0.25, -0.2) is 0 Å². The van der Waals surface area contributed by atoms with E-state index >= 15 is 0 Å². The molecule has 5 heteroatoms. The third-order valence-electron chi connectivity index (χ3n) is 5.14. The van der Waals surface area contributed by atoms with Crippen LogP contribution in [0.3, 0.4) is 0 Å². The van der Waals surface area contributed by atoms with Gasteiger partial charge in [0.2, 0.25) is 0 Å². The molecule has 2 fully saturated rings. The molecule has 3 rings (SSSR count). The number of benzene rings is 1. The van der Waals surface area contributed by atoms with Gasteiger partial charge >= 0.3 is 0 Å². The first-order valence-electron chi connectivity index (χ1n) is 9.75. The first-order chi connectivity index (χ1) is 12.2. The zero-order chi connectivity index (χ0) is 17.5. The average Bonchev–Trinajstić information content (AvgIpc) is 3.38. The number of quaternary nitrogens is 1. The molecule has 0 bridgehead atoms. The fraction of sp³-hybridized carbons (Fsp3) is 0.600. The molecule has 0 atom stereocenters. The Bertz CT molecular complexity index is 590. The highest BCUT2D eigenvalue weighted by atomic mass is 16.2. The Labute approximate surface area is 150 Å². The van der Waals surface area contributed by atoms with Gasteiger partial charge in [0.1, 0.15) is 0 Å². The molecule has 2 saturated carbocycles. The predicted octanol–water partition coefficient (Wildman–Crippen LogP) is 2.19. The molecule has 0 radical (unpaired) electrons. The number of nitrogens with two attached hydrogens (primary N) is 1. The zero-order valence-electron chi connectivity index (χ0n) is 14.9. The lowest BCUT2D eigenvalue weighted by Gasteiger charge is -2.18. The second-order valence-corrected chi connectivity index (χ2v) is 7.39. The van der Waals surface area contributed by atoms with Crippen LogP contribution < -0.4 is 16.0 Å². The standard InChI is InChI=1S/C20H29N3O2/c24-19(14-21-15-8-4-2-1-3-5-9-15)23-18-11-7-6-10-17(18)20(25)22-16-12-13-16/h6-7,10-11,15-16,21H,1-5,8-9,12-14H2,(H,22,25)(H,23,24)/p+1. The molecule has 0 saturated heterocycles. The molecule has 0 spiro atoms. The SMILES string of the molecule is O=C(C[NH2+]C1CCCCCCC1)Nc1ccccc1C(=O)NC1CC1. The number of carbonyl (C=O) groups is 2. The van der Waals surface area contributed by atoms with Crippen LogP contribution >= 0.6 is 0 Å². The number of carbonyl (C=O) groups excluding carboxylic acids is 2. The summed E-state index contributed by atoms with van der Waals surface area (Å²) < 4.78 is 0. The molecule has 0 unspecified atom stereocenters. The molecule has 1 aromatic carbocycles. The van der Waals surface area contributed by atoms with Crippen LogP contribution in [0.25, 0.3) is 0 Å². The summed E-state index contributed by atoms with van der Waals surface area (Å²) in [5.74, 6) is -0.129. The zero-order valence-corrected chi connectivity index (χ0v) is 14.9. The number of hydrogen-bond acceptors (Lipinski definition) is 2. The van der Waals surface area contributed by atoms with Crippen molar-refractivity contribution in [2.75, 3.05) is 11.9 Å². The molecular formula is C20H30N3O2+. The second-order valence-electron chi connectivity index (χ2n) is 7.39.